The lowest BCUT2D eigenvalue weighted by atomic mass is 9.82. The third-order valence-electron chi connectivity index (χ3n) is 6.46. The van der Waals surface area contributed by atoms with E-state index in [1.165, 1.54) is 28.3 Å². The molecule has 0 bridgehead atoms. The number of aryl methyl sites for hydroxylation is 1. The summed E-state index contributed by atoms with van der Waals surface area (Å²) in [6, 6.07) is 5.30. The third-order valence-corrected chi connectivity index (χ3v) is 8.51. The van der Waals surface area contributed by atoms with Crippen molar-refractivity contribution >= 4 is 27.6 Å². The zero-order chi connectivity index (χ0) is 26.7. The van der Waals surface area contributed by atoms with Gasteiger partial charge in [0.15, 0.2) is 5.82 Å². The van der Waals surface area contributed by atoms with E-state index >= 15 is 0 Å². The molecule has 1 N–H and O–H groups in total. The van der Waals surface area contributed by atoms with Crippen molar-refractivity contribution in [1.82, 2.24) is 24.7 Å². The third kappa shape index (κ3) is 5.65. The van der Waals surface area contributed by atoms with Crippen LogP contribution in [0.2, 0.25) is 0 Å². The van der Waals surface area contributed by atoms with Crippen molar-refractivity contribution < 1.29 is 22.6 Å². The first-order chi connectivity index (χ1) is 17.7. The summed E-state index contributed by atoms with van der Waals surface area (Å²) in [5.41, 5.74) is 1.34. The summed E-state index contributed by atoms with van der Waals surface area (Å²) in [6.45, 7) is 3.38. The number of hydrogen-bond donors (Lipinski definition) is 1. The van der Waals surface area contributed by atoms with Gasteiger partial charge < -0.3 is 14.2 Å². The van der Waals surface area contributed by atoms with Crippen LogP contribution in [0.5, 0.6) is 11.5 Å². The Hall–Kier alpha value is -2.96. The fourth-order valence-electron chi connectivity index (χ4n) is 4.32. The van der Waals surface area contributed by atoms with Crippen molar-refractivity contribution in [1.29, 1.82) is 0 Å². The number of rotatable bonds is 11. The van der Waals surface area contributed by atoms with Gasteiger partial charge in [-0.1, -0.05) is 6.07 Å². The number of alkyl halides is 1. The molecule has 2 atom stereocenters. The van der Waals surface area contributed by atoms with Crippen molar-refractivity contribution in [3.8, 4) is 17.2 Å². The van der Waals surface area contributed by atoms with Gasteiger partial charge >= 0.3 is 0 Å². The van der Waals surface area contributed by atoms with Crippen LogP contribution in [0.15, 0.2) is 30.6 Å². The maximum absolute atomic E-state index is 13.6. The van der Waals surface area contributed by atoms with Crippen molar-refractivity contribution in [2.75, 3.05) is 26.1 Å². The Kier molecular flexibility index (Phi) is 8.20. The van der Waals surface area contributed by atoms with Crippen LogP contribution in [0.25, 0.3) is 5.69 Å². The van der Waals surface area contributed by atoms with Gasteiger partial charge in [-0.05, 0) is 50.3 Å². The van der Waals surface area contributed by atoms with Crippen LogP contribution < -0.4 is 14.2 Å². The molecule has 1 aromatic carbocycles. The fraction of sp³-hybridized carbons (Fsp3) is 0.500. The highest BCUT2D eigenvalue weighted by Gasteiger charge is 2.36. The second-order valence-electron chi connectivity index (χ2n) is 9.05. The van der Waals surface area contributed by atoms with Gasteiger partial charge in [0, 0.05) is 31.3 Å². The number of para-hydroxylation sites is 1. The Balaban J connectivity index is 1.74. The molecule has 0 saturated heterocycles. The molecule has 0 unspecified atom stereocenters. The quantitative estimate of drug-likeness (QED) is 0.356. The standard InChI is InChI=1S/C24H31ClN6O5S/c1-14-12-26-23(27-13-14)22(36-5)15(2)37(32,33)30-24-29-28-20(11-16-9-17(25)10-16)31(24)21-18(34-3)7-6-8-19(21)35-4/h6-8,12-13,15-17,22H,9-11H2,1-5H3,(H,29,30)/t15-,16?,17?,22-/m0/s1. The maximum Gasteiger partial charge on any atom is 0.243 e. The van der Waals surface area contributed by atoms with Gasteiger partial charge in [-0.25, -0.2) is 18.4 Å². The van der Waals surface area contributed by atoms with E-state index in [0.717, 1.165) is 18.4 Å². The zero-order valence-corrected chi connectivity index (χ0v) is 23.0. The van der Waals surface area contributed by atoms with Crippen LogP contribution in [-0.4, -0.2) is 65.1 Å². The summed E-state index contributed by atoms with van der Waals surface area (Å²) in [5, 5.41) is 7.64. The number of nitrogens with zero attached hydrogens (tertiary/aromatic N) is 5. The monoisotopic (exact) mass is 550 g/mol. The molecule has 4 rings (SSSR count). The number of halogens is 1. The van der Waals surface area contributed by atoms with Crippen LogP contribution in [-0.2, 0) is 21.2 Å². The number of aromatic nitrogens is 5. The molecule has 1 aliphatic rings. The van der Waals surface area contributed by atoms with Crippen LogP contribution in [0, 0.1) is 12.8 Å². The minimum atomic E-state index is -4.05. The molecule has 1 fully saturated rings. The van der Waals surface area contributed by atoms with E-state index in [1.807, 2.05) is 6.92 Å². The number of anilines is 1. The van der Waals surface area contributed by atoms with E-state index in [4.69, 9.17) is 25.8 Å². The Morgan fingerprint density at radius 1 is 1.11 bits per heavy atom. The topological polar surface area (TPSA) is 130 Å². The van der Waals surface area contributed by atoms with Crippen LogP contribution in [0.4, 0.5) is 5.95 Å². The van der Waals surface area contributed by atoms with Gasteiger partial charge in [0.1, 0.15) is 34.4 Å². The number of ether oxygens (including phenoxy) is 3. The molecule has 2 heterocycles. The Morgan fingerprint density at radius 2 is 1.73 bits per heavy atom. The van der Waals surface area contributed by atoms with E-state index in [2.05, 4.69) is 24.9 Å². The molecule has 200 valence electrons. The van der Waals surface area contributed by atoms with Gasteiger partial charge in [0.2, 0.25) is 16.0 Å². The lowest BCUT2D eigenvalue weighted by Gasteiger charge is -2.30. The van der Waals surface area contributed by atoms with Crippen LogP contribution in [0.1, 0.15) is 43.1 Å². The molecule has 13 heteroatoms. The van der Waals surface area contributed by atoms with E-state index in [1.54, 1.807) is 35.2 Å². The summed E-state index contributed by atoms with van der Waals surface area (Å²) in [4.78, 5) is 8.51. The number of hydrogen-bond acceptors (Lipinski definition) is 9. The summed E-state index contributed by atoms with van der Waals surface area (Å²) in [7, 11) is 0.432. The SMILES string of the molecule is COc1cccc(OC)c1-n1c(CC2CC(Cl)C2)nnc1NS(=O)(=O)[C@@H](C)[C@H](OC)c1ncc(C)cn1. The summed E-state index contributed by atoms with van der Waals surface area (Å²) >= 11 is 6.20. The maximum atomic E-state index is 13.6. The molecule has 0 aliphatic heterocycles. The van der Waals surface area contributed by atoms with Crippen LogP contribution in [0.3, 0.4) is 0 Å². The Morgan fingerprint density at radius 3 is 2.27 bits per heavy atom. The molecular formula is C24H31ClN6O5S. The number of benzene rings is 1. The molecule has 1 saturated carbocycles. The highest BCUT2D eigenvalue weighted by Crippen LogP contribution is 2.39. The van der Waals surface area contributed by atoms with Crippen molar-refractivity contribution in [2.45, 2.75) is 49.8 Å². The van der Waals surface area contributed by atoms with Gasteiger partial charge in [-0.2, -0.15) is 0 Å². The van der Waals surface area contributed by atoms with Crippen LogP contribution >= 0.6 is 11.6 Å². The van der Waals surface area contributed by atoms with Crippen molar-refractivity contribution in [3.05, 3.63) is 47.8 Å². The predicted octanol–water partition coefficient (Wildman–Crippen LogP) is 3.46. The summed E-state index contributed by atoms with van der Waals surface area (Å²) in [5.74, 6) is 2.09. The summed E-state index contributed by atoms with van der Waals surface area (Å²) < 4.78 is 48.1. The van der Waals surface area contributed by atoms with E-state index in [0.29, 0.717) is 35.3 Å². The lowest BCUT2D eigenvalue weighted by molar-refractivity contribution is 0.0949. The number of methoxy groups -OCH3 is 3. The molecule has 37 heavy (non-hydrogen) atoms. The molecule has 3 aromatic rings. The minimum absolute atomic E-state index is 0.00562. The second-order valence-corrected chi connectivity index (χ2v) is 11.7. The lowest BCUT2D eigenvalue weighted by Crippen LogP contribution is -2.33. The average Bonchev–Trinajstić information content (AvgIpc) is 3.24. The number of nitrogens with one attached hydrogen (secondary N) is 1. The normalized spacial score (nSPS) is 19.1. The molecule has 0 radical (unpaired) electrons. The second kappa shape index (κ2) is 11.2. The van der Waals surface area contributed by atoms with Crippen molar-refractivity contribution in [2.24, 2.45) is 5.92 Å². The predicted molar refractivity (Wildman–Crippen MR) is 139 cm³/mol. The largest absolute Gasteiger partial charge is 0.494 e. The molecular weight excluding hydrogens is 520 g/mol. The minimum Gasteiger partial charge on any atom is -0.494 e. The van der Waals surface area contributed by atoms with E-state index < -0.39 is 21.4 Å². The highest BCUT2D eigenvalue weighted by atomic mass is 35.5. The first kappa shape index (κ1) is 27.1. The molecule has 11 nitrogen and oxygen atoms in total. The molecule has 1 aliphatic carbocycles. The zero-order valence-electron chi connectivity index (χ0n) is 21.4. The average molecular weight is 551 g/mol. The smallest absolute Gasteiger partial charge is 0.243 e. The van der Waals surface area contributed by atoms with Gasteiger partial charge in [-0.15, -0.1) is 21.8 Å². The van der Waals surface area contributed by atoms with Gasteiger partial charge in [-0.3, -0.25) is 9.29 Å². The molecule has 0 spiro atoms. The first-order valence-electron chi connectivity index (χ1n) is 11.8. The number of sulfonamides is 1. The Labute approximate surface area is 221 Å². The molecule has 0 amide bonds. The summed E-state index contributed by atoms with van der Waals surface area (Å²) in [6.07, 6.45) is 4.58. The highest BCUT2D eigenvalue weighted by molar-refractivity contribution is 7.93. The van der Waals surface area contributed by atoms with Gasteiger partial charge in [0.25, 0.3) is 0 Å². The van der Waals surface area contributed by atoms with Crippen molar-refractivity contribution in [3.63, 3.8) is 0 Å². The van der Waals surface area contributed by atoms with E-state index in [-0.39, 0.29) is 17.1 Å². The molecule has 2 aromatic heterocycles. The Bertz CT molecular complexity index is 1310. The first-order valence-corrected chi connectivity index (χ1v) is 13.8. The van der Waals surface area contributed by atoms with Gasteiger partial charge in [0.05, 0.1) is 14.2 Å². The van der Waals surface area contributed by atoms with E-state index in [9.17, 15) is 8.42 Å². The fourth-order valence-corrected chi connectivity index (χ4v) is 5.96.